The normalized spacial score (nSPS) is 10.2. The molecule has 1 aromatic carbocycles. The molecule has 0 unspecified atom stereocenters. The number of methoxy groups -OCH3 is 1. The number of benzene rings is 1. The number of hydrogen-bond donors (Lipinski definition) is 1. The smallest absolute Gasteiger partial charge is 0.377 e. The lowest BCUT2D eigenvalue weighted by atomic mass is 10.2. The van der Waals surface area contributed by atoms with Crippen LogP contribution in [0.15, 0.2) is 18.2 Å². The lowest BCUT2D eigenvalue weighted by Crippen LogP contribution is -2.12. The van der Waals surface area contributed by atoms with Gasteiger partial charge in [0.25, 0.3) is 11.7 Å². The van der Waals surface area contributed by atoms with Gasteiger partial charge in [-0.1, -0.05) is 23.2 Å². The third-order valence-electron chi connectivity index (χ3n) is 2.19. The van der Waals surface area contributed by atoms with E-state index < -0.39 is 11.9 Å². The molecule has 0 spiro atoms. The first-order valence-corrected chi connectivity index (χ1v) is 6.72. The Morgan fingerprint density at radius 1 is 1.35 bits per heavy atom. The SMILES string of the molecule is COC(=O)c1nsc(NC(=O)c2ccc(Cl)cc2Cl)n1. The van der Waals surface area contributed by atoms with Crippen LogP contribution in [0.1, 0.15) is 21.0 Å². The van der Waals surface area contributed by atoms with Gasteiger partial charge < -0.3 is 4.74 Å². The number of nitrogens with one attached hydrogen (secondary N) is 1. The van der Waals surface area contributed by atoms with Gasteiger partial charge in [0.1, 0.15) is 0 Å². The Balaban J connectivity index is 2.15. The van der Waals surface area contributed by atoms with E-state index in [1.165, 1.54) is 19.2 Å². The van der Waals surface area contributed by atoms with Crippen LogP contribution in [0, 0.1) is 0 Å². The van der Waals surface area contributed by atoms with E-state index >= 15 is 0 Å². The van der Waals surface area contributed by atoms with E-state index in [1.54, 1.807) is 6.07 Å². The Morgan fingerprint density at radius 3 is 2.75 bits per heavy atom. The first kappa shape index (κ1) is 14.7. The number of amides is 1. The fraction of sp³-hybridized carbons (Fsp3) is 0.0909. The number of aromatic nitrogens is 2. The fourth-order valence-electron chi connectivity index (χ4n) is 1.29. The van der Waals surface area contributed by atoms with Gasteiger partial charge in [0.05, 0.1) is 17.7 Å². The minimum atomic E-state index is -0.675. The number of anilines is 1. The van der Waals surface area contributed by atoms with Crippen molar-refractivity contribution in [1.82, 2.24) is 9.36 Å². The highest BCUT2D eigenvalue weighted by Crippen LogP contribution is 2.22. The van der Waals surface area contributed by atoms with Crippen LogP contribution < -0.4 is 5.32 Å². The molecule has 2 aromatic rings. The summed E-state index contributed by atoms with van der Waals surface area (Å²) in [7, 11) is 1.22. The van der Waals surface area contributed by atoms with Gasteiger partial charge in [-0.3, -0.25) is 10.1 Å². The second-order valence-electron chi connectivity index (χ2n) is 3.49. The molecule has 1 aromatic heterocycles. The number of rotatable bonds is 3. The lowest BCUT2D eigenvalue weighted by molar-refractivity contribution is 0.0588. The molecule has 0 aliphatic rings. The molecule has 0 aliphatic heterocycles. The molecule has 0 radical (unpaired) electrons. The van der Waals surface area contributed by atoms with Crippen LogP contribution in [0.25, 0.3) is 0 Å². The molecule has 0 saturated carbocycles. The predicted molar refractivity (Wildman–Crippen MR) is 75.7 cm³/mol. The Hall–Kier alpha value is -1.70. The van der Waals surface area contributed by atoms with E-state index in [-0.39, 0.29) is 21.5 Å². The number of ether oxygens (including phenoxy) is 1. The van der Waals surface area contributed by atoms with Gasteiger partial charge in [-0.25, -0.2) is 4.79 Å². The maximum absolute atomic E-state index is 12.0. The van der Waals surface area contributed by atoms with Crippen molar-refractivity contribution in [2.75, 3.05) is 12.4 Å². The van der Waals surface area contributed by atoms with Crippen LogP contribution in [0.3, 0.4) is 0 Å². The molecule has 9 heteroatoms. The second-order valence-corrected chi connectivity index (χ2v) is 5.09. The molecule has 0 atom stereocenters. The highest BCUT2D eigenvalue weighted by Gasteiger charge is 2.16. The molecular weight excluding hydrogens is 325 g/mol. The van der Waals surface area contributed by atoms with Crippen LogP contribution in [-0.2, 0) is 4.74 Å². The van der Waals surface area contributed by atoms with E-state index in [9.17, 15) is 9.59 Å². The summed E-state index contributed by atoms with van der Waals surface area (Å²) in [5, 5.41) is 3.30. The van der Waals surface area contributed by atoms with Crippen molar-refractivity contribution in [2.24, 2.45) is 0 Å². The van der Waals surface area contributed by atoms with Crippen LogP contribution in [0.2, 0.25) is 10.0 Å². The van der Waals surface area contributed by atoms with Crippen LogP contribution in [0.5, 0.6) is 0 Å². The molecule has 2 rings (SSSR count). The van der Waals surface area contributed by atoms with Gasteiger partial charge in [0.15, 0.2) is 0 Å². The van der Waals surface area contributed by atoms with Crippen molar-refractivity contribution in [3.05, 3.63) is 39.6 Å². The number of halogens is 2. The molecule has 104 valence electrons. The van der Waals surface area contributed by atoms with Crippen LogP contribution in [0.4, 0.5) is 5.13 Å². The number of carbonyl (C=O) groups excluding carboxylic acids is 2. The molecule has 1 amide bonds. The zero-order chi connectivity index (χ0) is 14.7. The summed E-state index contributed by atoms with van der Waals surface area (Å²) in [6.45, 7) is 0. The first-order valence-electron chi connectivity index (χ1n) is 5.19. The molecule has 0 saturated heterocycles. The number of nitrogens with zero attached hydrogens (tertiary/aromatic N) is 2. The highest BCUT2D eigenvalue weighted by atomic mass is 35.5. The molecule has 0 fully saturated rings. The monoisotopic (exact) mass is 331 g/mol. The van der Waals surface area contributed by atoms with Gasteiger partial charge in [-0.15, -0.1) is 0 Å². The minimum absolute atomic E-state index is 0.116. The molecule has 1 N–H and O–H groups in total. The standard InChI is InChI=1S/C11H7Cl2N3O3S/c1-19-10(18)8-14-11(20-16-8)15-9(17)6-3-2-5(12)4-7(6)13/h2-4H,1H3,(H,14,15,16,17). The molecular formula is C11H7Cl2N3O3S. The third kappa shape index (κ3) is 3.24. The van der Waals surface area contributed by atoms with Gasteiger partial charge in [-0.05, 0) is 18.2 Å². The maximum atomic E-state index is 12.0. The summed E-state index contributed by atoms with van der Waals surface area (Å²) < 4.78 is 8.22. The largest absolute Gasteiger partial charge is 0.463 e. The summed E-state index contributed by atoms with van der Waals surface area (Å²) in [6, 6.07) is 4.49. The number of carbonyl (C=O) groups is 2. The number of hydrogen-bond acceptors (Lipinski definition) is 6. The number of esters is 1. The van der Waals surface area contributed by atoms with Crippen molar-refractivity contribution >= 4 is 51.7 Å². The summed E-state index contributed by atoms with van der Waals surface area (Å²) in [4.78, 5) is 27.0. The van der Waals surface area contributed by atoms with Gasteiger partial charge in [0.2, 0.25) is 5.13 Å². The van der Waals surface area contributed by atoms with E-state index in [1.807, 2.05) is 0 Å². The van der Waals surface area contributed by atoms with E-state index in [4.69, 9.17) is 23.2 Å². The molecule has 1 heterocycles. The lowest BCUT2D eigenvalue weighted by Gasteiger charge is -2.03. The average Bonchev–Trinajstić information content (AvgIpc) is 2.86. The average molecular weight is 332 g/mol. The summed E-state index contributed by atoms with van der Waals surface area (Å²) in [6.07, 6.45) is 0. The maximum Gasteiger partial charge on any atom is 0.377 e. The van der Waals surface area contributed by atoms with Crippen molar-refractivity contribution in [2.45, 2.75) is 0 Å². The quantitative estimate of drug-likeness (QED) is 0.874. The van der Waals surface area contributed by atoms with Crippen LogP contribution in [-0.4, -0.2) is 28.3 Å². The Morgan fingerprint density at radius 2 is 2.10 bits per heavy atom. The van der Waals surface area contributed by atoms with Gasteiger partial charge in [0, 0.05) is 16.6 Å². The Labute approximate surface area is 127 Å². The topological polar surface area (TPSA) is 81.2 Å². The Kier molecular flexibility index (Phi) is 4.53. The molecule has 6 nitrogen and oxygen atoms in total. The Bertz CT molecular complexity index is 675. The van der Waals surface area contributed by atoms with E-state index in [2.05, 4.69) is 19.4 Å². The van der Waals surface area contributed by atoms with Crippen LogP contribution >= 0.6 is 34.7 Å². The molecule has 0 aliphatic carbocycles. The van der Waals surface area contributed by atoms with E-state index in [0.717, 1.165) is 11.5 Å². The van der Waals surface area contributed by atoms with Crippen molar-refractivity contribution < 1.29 is 14.3 Å². The zero-order valence-corrected chi connectivity index (χ0v) is 12.3. The summed E-state index contributed by atoms with van der Waals surface area (Å²) in [5.41, 5.74) is 0.242. The van der Waals surface area contributed by atoms with Gasteiger partial charge in [-0.2, -0.15) is 9.36 Å². The fourth-order valence-corrected chi connectivity index (χ4v) is 2.33. The van der Waals surface area contributed by atoms with Crippen molar-refractivity contribution in [3.63, 3.8) is 0 Å². The zero-order valence-electron chi connectivity index (χ0n) is 10.0. The summed E-state index contributed by atoms with van der Waals surface area (Å²) in [5.74, 6) is -1.26. The third-order valence-corrected chi connectivity index (χ3v) is 3.37. The highest BCUT2D eigenvalue weighted by molar-refractivity contribution is 7.10. The molecule has 0 bridgehead atoms. The van der Waals surface area contributed by atoms with E-state index in [0.29, 0.717) is 5.02 Å². The van der Waals surface area contributed by atoms with Crippen molar-refractivity contribution in [3.8, 4) is 0 Å². The second kappa shape index (κ2) is 6.17. The van der Waals surface area contributed by atoms with Crippen molar-refractivity contribution in [1.29, 1.82) is 0 Å². The minimum Gasteiger partial charge on any atom is -0.463 e. The molecule has 20 heavy (non-hydrogen) atoms. The van der Waals surface area contributed by atoms with Gasteiger partial charge >= 0.3 is 5.97 Å². The first-order chi connectivity index (χ1) is 9.51. The predicted octanol–water partition coefficient (Wildman–Crippen LogP) is 2.88. The summed E-state index contributed by atoms with van der Waals surface area (Å²) >= 11 is 12.5.